The van der Waals surface area contributed by atoms with Crippen LogP contribution >= 0.6 is 11.3 Å². The van der Waals surface area contributed by atoms with Crippen molar-refractivity contribution >= 4 is 35.5 Å². The molecule has 0 spiro atoms. The summed E-state index contributed by atoms with van der Waals surface area (Å²) in [6, 6.07) is 12.4. The number of thiophene rings is 1. The van der Waals surface area contributed by atoms with Crippen LogP contribution < -0.4 is 4.90 Å². The highest BCUT2D eigenvalue weighted by Gasteiger charge is 2.00. The second kappa shape index (κ2) is 7.06. The molecule has 0 N–H and O–H groups in total. The van der Waals surface area contributed by atoms with Gasteiger partial charge in [0.25, 0.3) is 0 Å². The summed E-state index contributed by atoms with van der Waals surface area (Å²) in [5, 5.41) is 0. The summed E-state index contributed by atoms with van der Waals surface area (Å²) in [6.45, 7) is 6.38. The van der Waals surface area contributed by atoms with E-state index in [-0.39, 0.29) is 0 Å². The molecule has 0 radical (unpaired) electrons. The Labute approximate surface area is 124 Å². The van der Waals surface area contributed by atoms with Crippen LogP contribution in [0.1, 0.15) is 34.0 Å². The van der Waals surface area contributed by atoms with Crippen LogP contribution in [0.25, 0.3) is 12.2 Å². The van der Waals surface area contributed by atoms with Crippen molar-refractivity contribution < 1.29 is 4.79 Å². The standard InChI is InChI=1S/C17H19NOS/c1-3-18(4-2)15-8-5-14(6-9-15)7-10-16-11-12-17(13-19)20-16/h5-13H,3-4H2,1-2H3. The second-order valence-corrected chi connectivity index (χ2v) is 5.60. The molecule has 3 heteroatoms. The molecular formula is C17H19NOS. The summed E-state index contributed by atoms with van der Waals surface area (Å²) in [4.78, 5) is 14.8. The van der Waals surface area contributed by atoms with Crippen LogP contribution in [0.15, 0.2) is 36.4 Å². The summed E-state index contributed by atoms with van der Waals surface area (Å²) in [7, 11) is 0. The summed E-state index contributed by atoms with van der Waals surface area (Å²) in [5.41, 5.74) is 2.42. The zero-order valence-electron chi connectivity index (χ0n) is 11.9. The predicted octanol–water partition coefficient (Wildman–Crippen LogP) is 4.58. The smallest absolute Gasteiger partial charge is 0.160 e. The van der Waals surface area contributed by atoms with Gasteiger partial charge in [-0.25, -0.2) is 0 Å². The van der Waals surface area contributed by atoms with Gasteiger partial charge in [-0.1, -0.05) is 18.2 Å². The summed E-state index contributed by atoms with van der Waals surface area (Å²) in [5.74, 6) is 0. The van der Waals surface area contributed by atoms with E-state index in [0.717, 1.165) is 29.1 Å². The topological polar surface area (TPSA) is 20.3 Å². The van der Waals surface area contributed by atoms with E-state index in [4.69, 9.17) is 0 Å². The van der Waals surface area contributed by atoms with Crippen LogP contribution in [-0.2, 0) is 0 Å². The highest BCUT2D eigenvalue weighted by Crippen LogP contribution is 2.19. The molecule has 104 valence electrons. The minimum Gasteiger partial charge on any atom is -0.372 e. The molecule has 1 aromatic heterocycles. The maximum atomic E-state index is 10.6. The molecule has 0 aliphatic carbocycles. The van der Waals surface area contributed by atoms with Gasteiger partial charge in [-0.3, -0.25) is 4.79 Å². The number of hydrogen-bond acceptors (Lipinski definition) is 3. The van der Waals surface area contributed by atoms with Crippen molar-refractivity contribution in [1.82, 2.24) is 0 Å². The number of carbonyl (C=O) groups excluding carboxylic acids is 1. The molecule has 2 nitrogen and oxygen atoms in total. The van der Waals surface area contributed by atoms with Crippen molar-refractivity contribution in [3.63, 3.8) is 0 Å². The second-order valence-electron chi connectivity index (χ2n) is 4.46. The summed E-state index contributed by atoms with van der Waals surface area (Å²) in [6.07, 6.45) is 5.01. The molecule has 1 heterocycles. The van der Waals surface area contributed by atoms with E-state index in [1.54, 1.807) is 0 Å². The van der Waals surface area contributed by atoms with Gasteiger partial charge in [-0.15, -0.1) is 11.3 Å². The first kappa shape index (κ1) is 14.5. The van der Waals surface area contributed by atoms with E-state index in [1.807, 2.05) is 18.2 Å². The van der Waals surface area contributed by atoms with Crippen molar-refractivity contribution in [2.45, 2.75) is 13.8 Å². The predicted molar refractivity (Wildman–Crippen MR) is 88.6 cm³/mol. The van der Waals surface area contributed by atoms with E-state index in [9.17, 15) is 4.79 Å². The average Bonchev–Trinajstić information content (AvgIpc) is 2.96. The van der Waals surface area contributed by atoms with Gasteiger partial charge in [0, 0.05) is 23.7 Å². The Morgan fingerprint density at radius 3 is 2.15 bits per heavy atom. The Bertz CT molecular complexity index is 579. The van der Waals surface area contributed by atoms with Gasteiger partial charge in [-0.2, -0.15) is 0 Å². The third kappa shape index (κ3) is 3.58. The summed E-state index contributed by atoms with van der Waals surface area (Å²) >= 11 is 1.50. The maximum absolute atomic E-state index is 10.6. The normalized spacial score (nSPS) is 10.9. The maximum Gasteiger partial charge on any atom is 0.160 e. The lowest BCUT2D eigenvalue weighted by atomic mass is 10.1. The molecular weight excluding hydrogens is 266 g/mol. The molecule has 2 rings (SSSR count). The fourth-order valence-corrected chi connectivity index (χ4v) is 2.81. The van der Waals surface area contributed by atoms with E-state index in [1.165, 1.54) is 22.6 Å². The lowest BCUT2D eigenvalue weighted by Gasteiger charge is -2.20. The number of rotatable bonds is 6. The lowest BCUT2D eigenvalue weighted by Crippen LogP contribution is -2.21. The van der Waals surface area contributed by atoms with Gasteiger partial charge in [0.05, 0.1) is 4.88 Å². The third-order valence-electron chi connectivity index (χ3n) is 3.23. The fraction of sp³-hybridized carbons (Fsp3) is 0.235. The molecule has 0 aliphatic rings. The largest absolute Gasteiger partial charge is 0.372 e. The van der Waals surface area contributed by atoms with E-state index in [0.29, 0.717) is 0 Å². The minimum absolute atomic E-state index is 0.765. The van der Waals surface area contributed by atoms with Crippen LogP contribution in [0.3, 0.4) is 0 Å². The zero-order chi connectivity index (χ0) is 14.4. The first-order chi connectivity index (χ1) is 9.76. The Hall–Kier alpha value is -1.87. The fourth-order valence-electron chi connectivity index (χ4n) is 2.08. The number of hydrogen-bond donors (Lipinski definition) is 0. The average molecular weight is 285 g/mol. The SMILES string of the molecule is CCN(CC)c1ccc(C=Cc2ccc(C=O)s2)cc1. The van der Waals surface area contributed by atoms with Gasteiger partial charge in [0.15, 0.2) is 6.29 Å². The Morgan fingerprint density at radius 2 is 1.60 bits per heavy atom. The van der Waals surface area contributed by atoms with Crippen molar-refractivity contribution in [3.8, 4) is 0 Å². The number of carbonyl (C=O) groups is 1. The molecule has 0 saturated carbocycles. The van der Waals surface area contributed by atoms with Crippen LogP contribution in [0, 0.1) is 0 Å². The molecule has 0 fully saturated rings. The first-order valence-electron chi connectivity index (χ1n) is 6.85. The molecule has 0 amide bonds. The number of aldehydes is 1. The number of benzene rings is 1. The van der Waals surface area contributed by atoms with Crippen molar-refractivity contribution in [2.75, 3.05) is 18.0 Å². The van der Waals surface area contributed by atoms with Gasteiger partial charge < -0.3 is 4.90 Å². The van der Waals surface area contributed by atoms with E-state index < -0.39 is 0 Å². The highest BCUT2D eigenvalue weighted by atomic mass is 32.1. The van der Waals surface area contributed by atoms with Crippen molar-refractivity contribution in [1.29, 1.82) is 0 Å². The molecule has 0 unspecified atom stereocenters. The van der Waals surface area contributed by atoms with Gasteiger partial charge in [0.2, 0.25) is 0 Å². The van der Waals surface area contributed by atoms with Crippen molar-refractivity contribution in [2.24, 2.45) is 0 Å². The Kier molecular flexibility index (Phi) is 5.13. The number of anilines is 1. The van der Waals surface area contributed by atoms with Crippen LogP contribution in [0.2, 0.25) is 0 Å². The van der Waals surface area contributed by atoms with Crippen molar-refractivity contribution in [3.05, 3.63) is 51.7 Å². The summed E-state index contributed by atoms with van der Waals surface area (Å²) < 4.78 is 0. The molecule has 0 saturated heterocycles. The van der Waals surface area contributed by atoms with Gasteiger partial charge in [0.1, 0.15) is 0 Å². The van der Waals surface area contributed by atoms with Crippen LogP contribution in [0.4, 0.5) is 5.69 Å². The monoisotopic (exact) mass is 285 g/mol. The van der Waals surface area contributed by atoms with Crippen LogP contribution in [0.5, 0.6) is 0 Å². The third-order valence-corrected chi connectivity index (χ3v) is 4.20. The molecule has 0 atom stereocenters. The van der Waals surface area contributed by atoms with Gasteiger partial charge >= 0.3 is 0 Å². The first-order valence-corrected chi connectivity index (χ1v) is 7.66. The molecule has 1 aromatic carbocycles. The quantitative estimate of drug-likeness (QED) is 0.724. The van der Waals surface area contributed by atoms with E-state index >= 15 is 0 Å². The Balaban J connectivity index is 2.08. The molecule has 0 aliphatic heterocycles. The molecule has 2 aromatic rings. The zero-order valence-corrected chi connectivity index (χ0v) is 12.7. The van der Waals surface area contributed by atoms with Gasteiger partial charge in [-0.05, 0) is 49.8 Å². The Morgan fingerprint density at radius 1 is 0.950 bits per heavy atom. The minimum atomic E-state index is 0.765. The number of nitrogens with zero attached hydrogens (tertiary/aromatic N) is 1. The highest BCUT2D eigenvalue weighted by molar-refractivity contribution is 7.14. The molecule has 0 bridgehead atoms. The van der Waals surface area contributed by atoms with Crippen LogP contribution in [-0.4, -0.2) is 19.4 Å². The lowest BCUT2D eigenvalue weighted by molar-refractivity contribution is 0.112. The molecule has 20 heavy (non-hydrogen) atoms. The van der Waals surface area contributed by atoms with E-state index in [2.05, 4.69) is 49.1 Å².